The Kier molecular flexibility index (Phi) is 2.47. The Morgan fingerprint density at radius 2 is 2.23 bits per heavy atom. The Morgan fingerprint density at radius 1 is 1.38 bits per heavy atom. The minimum Gasteiger partial charge on any atom is -0.311 e. The molecule has 1 N–H and O–H groups in total. The monoisotopic (exact) mass is 194 g/mol. The van der Waals surface area contributed by atoms with Crippen LogP contribution in [0.15, 0.2) is 12.4 Å². The number of hydrogen-bond donors (Lipinski definition) is 1. The molecule has 2 heterocycles. The fourth-order valence-corrected chi connectivity index (χ4v) is 1.86. The average molecular weight is 194 g/mol. The van der Waals surface area contributed by atoms with Crippen molar-refractivity contribution in [3.05, 3.63) is 17.4 Å². The minimum absolute atomic E-state index is 0.750. The third kappa shape index (κ3) is 1.81. The van der Waals surface area contributed by atoms with E-state index in [0.717, 1.165) is 28.6 Å². The highest BCUT2D eigenvalue weighted by Gasteiger charge is 2.03. The summed E-state index contributed by atoms with van der Waals surface area (Å²) in [5.74, 6) is 0. The van der Waals surface area contributed by atoms with Crippen molar-refractivity contribution in [2.24, 2.45) is 0 Å². The SMILES string of the molecule is CCNCc1nc2nccnc2s1. The van der Waals surface area contributed by atoms with Crippen LogP contribution < -0.4 is 5.32 Å². The lowest BCUT2D eigenvalue weighted by atomic mass is 10.6. The predicted octanol–water partition coefficient (Wildman–Crippen LogP) is 1.20. The smallest absolute Gasteiger partial charge is 0.189 e. The van der Waals surface area contributed by atoms with Crippen LogP contribution in [0.3, 0.4) is 0 Å². The van der Waals surface area contributed by atoms with Crippen molar-refractivity contribution in [3.8, 4) is 0 Å². The summed E-state index contributed by atoms with van der Waals surface area (Å²) in [5, 5.41) is 4.26. The van der Waals surface area contributed by atoms with Gasteiger partial charge in [0.1, 0.15) is 5.01 Å². The van der Waals surface area contributed by atoms with Crippen molar-refractivity contribution in [1.82, 2.24) is 20.3 Å². The molecule has 0 bridgehead atoms. The summed E-state index contributed by atoms with van der Waals surface area (Å²) in [4.78, 5) is 13.5. The van der Waals surface area contributed by atoms with Crippen molar-refractivity contribution in [3.63, 3.8) is 0 Å². The molecule has 2 aromatic rings. The van der Waals surface area contributed by atoms with E-state index in [2.05, 4.69) is 27.2 Å². The van der Waals surface area contributed by atoms with Gasteiger partial charge in [0.25, 0.3) is 0 Å². The molecule has 2 aromatic heterocycles. The first-order valence-electron chi connectivity index (χ1n) is 4.17. The van der Waals surface area contributed by atoms with E-state index in [1.165, 1.54) is 0 Å². The quantitative estimate of drug-likeness (QED) is 0.797. The second kappa shape index (κ2) is 3.76. The summed E-state index contributed by atoms with van der Waals surface area (Å²) in [6.45, 7) is 3.83. The zero-order chi connectivity index (χ0) is 9.10. The van der Waals surface area contributed by atoms with Crippen LogP contribution in [0.1, 0.15) is 11.9 Å². The Hall–Kier alpha value is -1.07. The van der Waals surface area contributed by atoms with E-state index >= 15 is 0 Å². The van der Waals surface area contributed by atoms with E-state index in [1.54, 1.807) is 23.7 Å². The first-order chi connectivity index (χ1) is 6.40. The lowest BCUT2D eigenvalue weighted by Crippen LogP contribution is -2.11. The van der Waals surface area contributed by atoms with Gasteiger partial charge < -0.3 is 5.32 Å². The van der Waals surface area contributed by atoms with Crippen molar-refractivity contribution >= 4 is 21.8 Å². The van der Waals surface area contributed by atoms with Crippen molar-refractivity contribution in [1.29, 1.82) is 0 Å². The third-order valence-corrected chi connectivity index (χ3v) is 2.57. The summed E-state index contributed by atoms with van der Waals surface area (Å²) in [6.07, 6.45) is 3.36. The minimum atomic E-state index is 0.750. The Morgan fingerprint density at radius 3 is 3.00 bits per heavy atom. The first kappa shape index (κ1) is 8.52. The van der Waals surface area contributed by atoms with Crippen LogP contribution in [0.5, 0.6) is 0 Å². The third-order valence-electron chi connectivity index (χ3n) is 1.62. The van der Waals surface area contributed by atoms with Crippen LogP contribution in [0.4, 0.5) is 0 Å². The topological polar surface area (TPSA) is 50.7 Å². The molecule has 0 aliphatic rings. The summed E-state index contributed by atoms with van der Waals surface area (Å²) < 4.78 is 0. The first-order valence-corrected chi connectivity index (χ1v) is 4.99. The second-order valence-electron chi connectivity index (χ2n) is 2.57. The second-order valence-corrected chi connectivity index (χ2v) is 3.64. The molecular formula is C8H10N4S. The van der Waals surface area contributed by atoms with E-state index < -0.39 is 0 Å². The molecule has 0 spiro atoms. The highest BCUT2D eigenvalue weighted by molar-refractivity contribution is 7.18. The summed E-state index contributed by atoms with van der Waals surface area (Å²) in [7, 11) is 0. The van der Waals surface area contributed by atoms with Crippen LogP contribution in [-0.4, -0.2) is 21.5 Å². The molecule has 2 rings (SSSR count). The number of fused-ring (bicyclic) bond motifs is 1. The molecule has 0 amide bonds. The fraction of sp³-hybridized carbons (Fsp3) is 0.375. The molecule has 0 saturated heterocycles. The number of thiazole rings is 1. The van der Waals surface area contributed by atoms with Crippen molar-refractivity contribution in [2.45, 2.75) is 13.5 Å². The average Bonchev–Trinajstić information content (AvgIpc) is 2.57. The van der Waals surface area contributed by atoms with Gasteiger partial charge in [-0.2, -0.15) is 0 Å². The fourth-order valence-electron chi connectivity index (χ4n) is 1.03. The maximum absolute atomic E-state index is 4.33. The Balaban J connectivity index is 2.28. The summed E-state index contributed by atoms with van der Waals surface area (Å²) in [6, 6.07) is 0. The molecule has 0 aromatic carbocycles. The van der Waals surface area contributed by atoms with Gasteiger partial charge in [-0.25, -0.2) is 15.0 Å². The number of nitrogens with zero attached hydrogens (tertiary/aromatic N) is 3. The lowest BCUT2D eigenvalue weighted by Gasteiger charge is -1.93. The maximum Gasteiger partial charge on any atom is 0.189 e. The zero-order valence-corrected chi connectivity index (χ0v) is 8.14. The summed E-state index contributed by atoms with van der Waals surface area (Å²) >= 11 is 1.59. The highest BCUT2D eigenvalue weighted by atomic mass is 32.1. The molecule has 5 heteroatoms. The Labute approximate surface area is 80.1 Å². The van der Waals surface area contributed by atoms with Crippen LogP contribution in [0.2, 0.25) is 0 Å². The normalized spacial score (nSPS) is 10.8. The van der Waals surface area contributed by atoms with E-state index in [1.807, 2.05) is 0 Å². The van der Waals surface area contributed by atoms with Crippen LogP contribution in [0, 0.1) is 0 Å². The standard InChI is InChI=1S/C8H10N4S/c1-2-9-5-6-12-7-8(13-6)11-4-3-10-7/h3-4,9H,2,5H2,1H3. The highest BCUT2D eigenvalue weighted by Crippen LogP contribution is 2.16. The zero-order valence-electron chi connectivity index (χ0n) is 7.32. The van der Waals surface area contributed by atoms with Gasteiger partial charge >= 0.3 is 0 Å². The van der Waals surface area contributed by atoms with E-state index in [-0.39, 0.29) is 0 Å². The molecule has 0 aliphatic heterocycles. The largest absolute Gasteiger partial charge is 0.311 e. The number of nitrogens with one attached hydrogen (secondary N) is 1. The van der Waals surface area contributed by atoms with Gasteiger partial charge in [-0.05, 0) is 6.54 Å². The molecule has 0 unspecified atom stereocenters. The van der Waals surface area contributed by atoms with Gasteiger partial charge in [0.15, 0.2) is 10.5 Å². The Bertz CT molecular complexity index is 365. The maximum atomic E-state index is 4.33. The molecule has 0 radical (unpaired) electrons. The summed E-state index contributed by atoms with van der Waals surface area (Å²) in [5.41, 5.74) is 0.750. The molecule has 68 valence electrons. The van der Waals surface area contributed by atoms with Crippen LogP contribution in [0.25, 0.3) is 10.5 Å². The van der Waals surface area contributed by atoms with Gasteiger partial charge in [0, 0.05) is 18.9 Å². The number of aromatic nitrogens is 3. The molecule has 4 nitrogen and oxygen atoms in total. The van der Waals surface area contributed by atoms with Gasteiger partial charge in [-0.15, -0.1) is 0 Å². The molecule has 0 atom stereocenters. The molecular weight excluding hydrogens is 184 g/mol. The number of rotatable bonds is 3. The van der Waals surface area contributed by atoms with Gasteiger partial charge in [-0.1, -0.05) is 18.3 Å². The molecule has 0 fully saturated rings. The van der Waals surface area contributed by atoms with E-state index in [0.29, 0.717) is 0 Å². The van der Waals surface area contributed by atoms with Gasteiger partial charge in [0.2, 0.25) is 0 Å². The predicted molar refractivity (Wildman–Crippen MR) is 52.6 cm³/mol. The van der Waals surface area contributed by atoms with Crippen molar-refractivity contribution < 1.29 is 0 Å². The molecule has 0 saturated carbocycles. The van der Waals surface area contributed by atoms with E-state index in [4.69, 9.17) is 0 Å². The lowest BCUT2D eigenvalue weighted by molar-refractivity contribution is 0.723. The van der Waals surface area contributed by atoms with Crippen LogP contribution in [-0.2, 0) is 6.54 Å². The van der Waals surface area contributed by atoms with Gasteiger partial charge in [0.05, 0.1) is 0 Å². The van der Waals surface area contributed by atoms with Crippen molar-refractivity contribution in [2.75, 3.05) is 6.54 Å². The molecule has 13 heavy (non-hydrogen) atoms. The van der Waals surface area contributed by atoms with E-state index in [9.17, 15) is 0 Å². The van der Waals surface area contributed by atoms with Gasteiger partial charge in [-0.3, -0.25) is 0 Å². The number of hydrogen-bond acceptors (Lipinski definition) is 5. The molecule has 0 aliphatic carbocycles. The van der Waals surface area contributed by atoms with Crippen LogP contribution >= 0.6 is 11.3 Å².